The molecule has 1 aliphatic rings. The fraction of sp³-hybridized carbons (Fsp3) is 0.286. The summed E-state index contributed by atoms with van der Waals surface area (Å²) in [5, 5.41) is 0.910. The molecule has 1 aliphatic heterocycles. The van der Waals surface area contributed by atoms with Gasteiger partial charge in [0, 0.05) is 41.2 Å². The smallest absolute Gasteiger partial charge is 0.253 e. The molecule has 0 spiro atoms. The van der Waals surface area contributed by atoms with Crippen molar-refractivity contribution in [3.05, 3.63) is 71.2 Å². The van der Waals surface area contributed by atoms with Crippen molar-refractivity contribution in [3.8, 4) is 0 Å². The minimum absolute atomic E-state index is 0.108. The van der Waals surface area contributed by atoms with Crippen LogP contribution in [0.25, 0.3) is 10.9 Å². The fourth-order valence-corrected chi connectivity index (χ4v) is 3.62. The summed E-state index contributed by atoms with van der Waals surface area (Å²) in [6.07, 6.45) is 1.85. The lowest BCUT2D eigenvalue weighted by Crippen LogP contribution is -2.37. The van der Waals surface area contributed by atoms with E-state index in [-0.39, 0.29) is 11.7 Å². The van der Waals surface area contributed by atoms with Crippen LogP contribution in [0.1, 0.15) is 40.4 Å². The third-order valence-electron chi connectivity index (χ3n) is 5.12. The van der Waals surface area contributed by atoms with Gasteiger partial charge in [0.1, 0.15) is 5.82 Å². The molecule has 0 aliphatic carbocycles. The maximum Gasteiger partial charge on any atom is 0.253 e. The number of aryl methyl sites for hydroxylation is 1. The van der Waals surface area contributed by atoms with Gasteiger partial charge >= 0.3 is 0 Å². The maximum absolute atomic E-state index is 13.4. The van der Waals surface area contributed by atoms with E-state index in [0.29, 0.717) is 5.92 Å². The molecular formula is C21H21FN2O. The molecule has 128 valence electrons. The number of hydrogen-bond acceptors (Lipinski definition) is 1. The van der Waals surface area contributed by atoms with Crippen LogP contribution in [0.2, 0.25) is 0 Å². The molecule has 0 saturated carbocycles. The van der Waals surface area contributed by atoms with E-state index in [4.69, 9.17) is 0 Å². The Bertz CT molecular complexity index is 905. The highest BCUT2D eigenvalue weighted by atomic mass is 19.1. The summed E-state index contributed by atoms with van der Waals surface area (Å²) in [5.41, 5.74) is 4.02. The Morgan fingerprint density at radius 1 is 1.08 bits per heavy atom. The lowest BCUT2D eigenvalue weighted by molar-refractivity contribution is 0.0712. The number of benzene rings is 2. The second kappa shape index (κ2) is 6.36. The van der Waals surface area contributed by atoms with Gasteiger partial charge in [0.15, 0.2) is 0 Å². The van der Waals surface area contributed by atoms with Crippen molar-refractivity contribution in [2.45, 2.75) is 25.7 Å². The lowest BCUT2D eigenvalue weighted by Gasteiger charge is -2.31. The molecule has 3 aromatic rings. The van der Waals surface area contributed by atoms with E-state index in [2.05, 4.69) is 4.98 Å². The monoisotopic (exact) mass is 336 g/mol. The first-order valence-electron chi connectivity index (χ1n) is 8.74. The number of likely N-dealkylation sites (tertiary alicyclic amines) is 1. The van der Waals surface area contributed by atoms with Crippen LogP contribution >= 0.6 is 0 Å². The molecule has 2 heterocycles. The van der Waals surface area contributed by atoms with Gasteiger partial charge in [-0.15, -0.1) is 0 Å². The van der Waals surface area contributed by atoms with Gasteiger partial charge in [0.05, 0.1) is 0 Å². The van der Waals surface area contributed by atoms with Crippen LogP contribution in [0.4, 0.5) is 4.39 Å². The molecule has 0 bridgehead atoms. The molecule has 4 heteroatoms. The zero-order valence-corrected chi connectivity index (χ0v) is 14.3. The summed E-state index contributed by atoms with van der Waals surface area (Å²) >= 11 is 0. The van der Waals surface area contributed by atoms with Crippen molar-refractivity contribution in [1.82, 2.24) is 9.88 Å². The average Bonchev–Trinajstić information content (AvgIpc) is 3.05. The highest BCUT2D eigenvalue weighted by molar-refractivity contribution is 5.94. The van der Waals surface area contributed by atoms with Crippen LogP contribution in [-0.4, -0.2) is 28.9 Å². The van der Waals surface area contributed by atoms with Crippen molar-refractivity contribution < 1.29 is 9.18 Å². The normalized spacial score (nSPS) is 15.7. The number of aromatic amines is 1. The van der Waals surface area contributed by atoms with Crippen LogP contribution in [0.3, 0.4) is 0 Å². The molecule has 4 rings (SSSR count). The predicted octanol–water partition coefficient (Wildman–Crippen LogP) is 4.64. The number of rotatable bonds is 2. The number of carbonyl (C=O) groups is 1. The van der Waals surface area contributed by atoms with E-state index in [9.17, 15) is 9.18 Å². The van der Waals surface area contributed by atoms with E-state index in [1.54, 1.807) is 12.1 Å². The van der Waals surface area contributed by atoms with Crippen molar-refractivity contribution in [3.63, 3.8) is 0 Å². The highest BCUT2D eigenvalue weighted by Crippen LogP contribution is 2.30. The number of hydrogen-bond donors (Lipinski definition) is 1. The van der Waals surface area contributed by atoms with E-state index >= 15 is 0 Å². The van der Waals surface area contributed by atoms with Crippen LogP contribution in [-0.2, 0) is 0 Å². The van der Waals surface area contributed by atoms with Crippen molar-refractivity contribution in [2.24, 2.45) is 0 Å². The summed E-state index contributed by atoms with van der Waals surface area (Å²) in [6.45, 7) is 3.52. The van der Waals surface area contributed by atoms with Crippen LogP contribution in [0.15, 0.2) is 48.5 Å². The third-order valence-corrected chi connectivity index (χ3v) is 5.12. The molecular weight excluding hydrogens is 315 g/mol. The largest absolute Gasteiger partial charge is 0.358 e. The molecule has 1 N–H and O–H groups in total. The number of nitrogens with one attached hydrogen (secondary N) is 1. The molecule has 1 fully saturated rings. The quantitative estimate of drug-likeness (QED) is 0.727. The highest BCUT2D eigenvalue weighted by Gasteiger charge is 2.25. The molecule has 0 atom stereocenters. The van der Waals surface area contributed by atoms with Crippen LogP contribution in [0.5, 0.6) is 0 Å². The van der Waals surface area contributed by atoms with E-state index < -0.39 is 0 Å². The second-order valence-corrected chi connectivity index (χ2v) is 6.89. The first kappa shape index (κ1) is 15.9. The Hall–Kier alpha value is -2.62. The Balaban J connectivity index is 1.45. The van der Waals surface area contributed by atoms with Crippen LogP contribution in [0, 0.1) is 12.7 Å². The molecule has 0 unspecified atom stereocenters. The predicted molar refractivity (Wildman–Crippen MR) is 97.3 cm³/mol. The molecule has 2 aromatic carbocycles. The minimum Gasteiger partial charge on any atom is -0.358 e. The van der Waals surface area contributed by atoms with Crippen molar-refractivity contribution in [1.29, 1.82) is 0 Å². The lowest BCUT2D eigenvalue weighted by atomic mass is 9.93. The molecule has 25 heavy (non-hydrogen) atoms. The Morgan fingerprint density at radius 3 is 2.52 bits per heavy atom. The number of nitrogens with zero attached hydrogens (tertiary/aromatic N) is 1. The number of aromatic nitrogens is 1. The Labute approximate surface area is 146 Å². The van der Waals surface area contributed by atoms with E-state index in [1.807, 2.05) is 42.2 Å². The molecule has 0 radical (unpaired) electrons. The Kier molecular flexibility index (Phi) is 4.04. The number of piperidine rings is 1. The number of H-pyrrole nitrogens is 1. The van der Waals surface area contributed by atoms with Gasteiger partial charge in [-0.2, -0.15) is 0 Å². The minimum atomic E-state index is -0.212. The molecule has 1 saturated heterocycles. The summed E-state index contributed by atoms with van der Waals surface area (Å²) in [5.74, 6) is 0.284. The number of fused-ring (bicyclic) bond motifs is 1. The topological polar surface area (TPSA) is 36.1 Å². The van der Waals surface area contributed by atoms with Crippen molar-refractivity contribution >= 4 is 16.8 Å². The molecule has 1 aromatic heterocycles. The number of carbonyl (C=O) groups excluding carboxylic acids is 1. The first-order chi connectivity index (χ1) is 12.1. The Morgan fingerprint density at radius 2 is 1.80 bits per heavy atom. The summed E-state index contributed by atoms with van der Waals surface area (Å²) in [4.78, 5) is 17.9. The molecule has 1 amide bonds. The zero-order chi connectivity index (χ0) is 17.4. The average molecular weight is 336 g/mol. The van der Waals surface area contributed by atoms with Gasteiger partial charge in [-0.1, -0.05) is 17.7 Å². The maximum atomic E-state index is 13.4. The number of halogens is 1. The van der Waals surface area contributed by atoms with Gasteiger partial charge in [-0.3, -0.25) is 4.79 Å². The van der Waals surface area contributed by atoms with E-state index in [0.717, 1.165) is 53.7 Å². The van der Waals surface area contributed by atoms with Gasteiger partial charge < -0.3 is 9.88 Å². The summed E-state index contributed by atoms with van der Waals surface area (Å²) in [7, 11) is 0. The van der Waals surface area contributed by atoms with E-state index in [1.165, 1.54) is 6.07 Å². The summed E-state index contributed by atoms with van der Waals surface area (Å²) in [6, 6.07) is 14.6. The van der Waals surface area contributed by atoms with Gasteiger partial charge in [0.25, 0.3) is 5.91 Å². The SMILES string of the molecule is Cc1ccc(C(=O)N2CCC(c3cc4cc(F)ccc4[nH]3)CC2)cc1. The second-order valence-electron chi connectivity index (χ2n) is 6.89. The van der Waals surface area contributed by atoms with Crippen molar-refractivity contribution in [2.75, 3.05) is 13.1 Å². The van der Waals surface area contributed by atoms with Gasteiger partial charge in [-0.05, 0) is 56.2 Å². The first-order valence-corrected chi connectivity index (χ1v) is 8.74. The summed E-state index contributed by atoms with van der Waals surface area (Å²) < 4.78 is 13.4. The third kappa shape index (κ3) is 3.16. The fourth-order valence-electron chi connectivity index (χ4n) is 3.62. The number of amides is 1. The van der Waals surface area contributed by atoms with Crippen LogP contribution < -0.4 is 0 Å². The zero-order valence-electron chi connectivity index (χ0n) is 14.3. The van der Waals surface area contributed by atoms with Gasteiger partial charge in [-0.25, -0.2) is 4.39 Å². The molecule has 3 nitrogen and oxygen atoms in total. The standard InChI is InChI=1S/C21H21FN2O/c1-14-2-4-16(5-3-14)21(25)24-10-8-15(9-11-24)20-13-17-12-18(22)6-7-19(17)23-20/h2-7,12-13,15,23H,8-11H2,1H3. The van der Waals surface area contributed by atoms with Gasteiger partial charge in [0.2, 0.25) is 0 Å².